The van der Waals surface area contributed by atoms with Crippen molar-refractivity contribution >= 4 is 11.6 Å². The maximum atomic E-state index is 12.6. The minimum absolute atomic E-state index is 0.0676. The van der Waals surface area contributed by atoms with E-state index in [0.717, 1.165) is 35.9 Å². The Labute approximate surface area is 175 Å². The Morgan fingerprint density at radius 2 is 1.86 bits per heavy atom. The van der Waals surface area contributed by atoms with Crippen LogP contribution in [0.4, 0.5) is 5.69 Å². The molecule has 0 spiro atoms. The number of carbonyl (C=O) groups is 1. The molecule has 2 aromatic rings. The second-order valence-electron chi connectivity index (χ2n) is 8.54. The predicted molar refractivity (Wildman–Crippen MR) is 120 cm³/mol. The van der Waals surface area contributed by atoms with Gasteiger partial charge in [-0.05, 0) is 75.8 Å². The SMILES string of the molecule is Cc1ccc(O[C@H](C)C(=O)N[C@H](C)c2ccc(N3CCC[C@@H](C)C3)cc2)c(C)c1. The van der Waals surface area contributed by atoms with Crippen LogP contribution in [-0.2, 0) is 4.79 Å². The van der Waals surface area contributed by atoms with E-state index in [2.05, 4.69) is 47.5 Å². The van der Waals surface area contributed by atoms with Gasteiger partial charge in [0.2, 0.25) is 0 Å². The Morgan fingerprint density at radius 1 is 1.14 bits per heavy atom. The number of hydrogen-bond acceptors (Lipinski definition) is 3. The number of benzene rings is 2. The average Bonchev–Trinajstić information content (AvgIpc) is 2.70. The topological polar surface area (TPSA) is 41.6 Å². The van der Waals surface area contributed by atoms with Crippen LogP contribution in [0.2, 0.25) is 0 Å². The normalized spacial score (nSPS) is 18.8. The molecule has 0 aliphatic carbocycles. The maximum absolute atomic E-state index is 12.6. The van der Waals surface area contributed by atoms with Gasteiger partial charge in [-0.1, -0.05) is 36.8 Å². The van der Waals surface area contributed by atoms with Gasteiger partial charge in [0.15, 0.2) is 6.10 Å². The molecule has 4 heteroatoms. The quantitative estimate of drug-likeness (QED) is 0.733. The van der Waals surface area contributed by atoms with Crippen LogP contribution in [0.1, 0.15) is 56.3 Å². The molecule has 1 fully saturated rings. The summed E-state index contributed by atoms with van der Waals surface area (Å²) in [5, 5.41) is 3.08. The zero-order valence-electron chi connectivity index (χ0n) is 18.4. The molecule has 1 aliphatic rings. The number of nitrogens with zero attached hydrogens (tertiary/aromatic N) is 1. The zero-order valence-corrected chi connectivity index (χ0v) is 18.4. The van der Waals surface area contributed by atoms with Crippen molar-refractivity contribution in [1.29, 1.82) is 0 Å². The highest BCUT2D eigenvalue weighted by atomic mass is 16.5. The molecule has 1 aliphatic heterocycles. The van der Waals surface area contributed by atoms with Crippen LogP contribution >= 0.6 is 0 Å². The van der Waals surface area contributed by atoms with Crippen LogP contribution in [-0.4, -0.2) is 25.1 Å². The van der Waals surface area contributed by atoms with Crippen molar-refractivity contribution in [2.24, 2.45) is 5.92 Å². The van der Waals surface area contributed by atoms with Crippen LogP contribution in [0.15, 0.2) is 42.5 Å². The molecule has 1 N–H and O–H groups in total. The van der Waals surface area contributed by atoms with E-state index in [0.29, 0.717) is 0 Å². The molecule has 4 nitrogen and oxygen atoms in total. The minimum Gasteiger partial charge on any atom is -0.481 e. The van der Waals surface area contributed by atoms with Crippen LogP contribution in [0.5, 0.6) is 5.75 Å². The number of nitrogens with one attached hydrogen (secondary N) is 1. The van der Waals surface area contributed by atoms with Gasteiger partial charge >= 0.3 is 0 Å². The summed E-state index contributed by atoms with van der Waals surface area (Å²) in [5.74, 6) is 1.40. The molecule has 3 rings (SSSR count). The third-order valence-corrected chi connectivity index (χ3v) is 5.78. The lowest BCUT2D eigenvalue weighted by Crippen LogP contribution is -2.38. The van der Waals surface area contributed by atoms with Crippen molar-refractivity contribution in [2.75, 3.05) is 18.0 Å². The average molecular weight is 395 g/mol. The fourth-order valence-corrected chi connectivity index (χ4v) is 3.99. The van der Waals surface area contributed by atoms with E-state index in [1.165, 1.54) is 24.1 Å². The van der Waals surface area contributed by atoms with Gasteiger partial charge in [0.1, 0.15) is 5.75 Å². The molecular formula is C25H34N2O2. The second kappa shape index (κ2) is 9.34. The molecule has 29 heavy (non-hydrogen) atoms. The van der Waals surface area contributed by atoms with Crippen LogP contribution in [0.25, 0.3) is 0 Å². The number of ether oxygens (including phenoxy) is 1. The molecule has 3 atom stereocenters. The summed E-state index contributed by atoms with van der Waals surface area (Å²) in [6.07, 6.45) is 2.03. The largest absolute Gasteiger partial charge is 0.481 e. The lowest BCUT2D eigenvalue weighted by molar-refractivity contribution is -0.127. The fraction of sp³-hybridized carbons (Fsp3) is 0.480. The standard InChI is InChI=1S/C25H34N2O2/c1-17-8-13-24(19(3)15-17)29-21(5)25(28)26-20(4)22-9-11-23(12-10-22)27-14-6-7-18(2)16-27/h8-13,15,18,20-21H,6-7,14,16H2,1-5H3,(H,26,28)/t18-,20-,21-/m1/s1. The van der Waals surface area contributed by atoms with E-state index in [-0.39, 0.29) is 11.9 Å². The molecule has 2 aromatic carbocycles. The molecule has 0 radical (unpaired) electrons. The van der Waals surface area contributed by atoms with E-state index < -0.39 is 6.10 Å². The first-order valence-electron chi connectivity index (χ1n) is 10.7. The summed E-state index contributed by atoms with van der Waals surface area (Å²) in [5.41, 5.74) is 4.60. The fourth-order valence-electron chi connectivity index (χ4n) is 3.99. The van der Waals surface area contributed by atoms with Crippen LogP contribution in [0, 0.1) is 19.8 Å². The summed E-state index contributed by atoms with van der Waals surface area (Å²) < 4.78 is 5.89. The number of aryl methyl sites for hydroxylation is 2. The summed E-state index contributed by atoms with van der Waals surface area (Å²) in [6.45, 7) is 12.4. The molecule has 0 unspecified atom stereocenters. The highest BCUT2D eigenvalue weighted by molar-refractivity contribution is 5.81. The summed E-state index contributed by atoms with van der Waals surface area (Å²) >= 11 is 0. The van der Waals surface area contributed by atoms with Gasteiger partial charge in [0.05, 0.1) is 6.04 Å². The van der Waals surface area contributed by atoms with Gasteiger partial charge in [0, 0.05) is 18.8 Å². The highest BCUT2D eigenvalue weighted by Crippen LogP contribution is 2.25. The number of hydrogen-bond donors (Lipinski definition) is 1. The van der Waals surface area contributed by atoms with Crippen molar-refractivity contribution in [3.63, 3.8) is 0 Å². The van der Waals surface area contributed by atoms with Gasteiger partial charge in [-0.25, -0.2) is 0 Å². The summed E-state index contributed by atoms with van der Waals surface area (Å²) in [4.78, 5) is 15.1. The minimum atomic E-state index is -0.548. The monoisotopic (exact) mass is 394 g/mol. The third-order valence-electron chi connectivity index (χ3n) is 5.78. The molecule has 156 valence electrons. The number of piperidine rings is 1. The third kappa shape index (κ3) is 5.53. The first-order valence-corrected chi connectivity index (χ1v) is 10.7. The van der Waals surface area contributed by atoms with Crippen LogP contribution in [0.3, 0.4) is 0 Å². The Kier molecular flexibility index (Phi) is 6.83. The van der Waals surface area contributed by atoms with E-state index in [9.17, 15) is 4.79 Å². The van der Waals surface area contributed by atoms with E-state index in [4.69, 9.17) is 4.74 Å². The Hall–Kier alpha value is -2.49. The summed E-state index contributed by atoms with van der Waals surface area (Å²) in [6, 6.07) is 14.5. The second-order valence-corrected chi connectivity index (χ2v) is 8.54. The van der Waals surface area contributed by atoms with Gasteiger partial charge in [-0.3, -0.25) is 4.79 Å². The van der Waals surface area contributed by atoms with E-state index in [1.807, 2.05) is 32.9 Å². The lowest BCUT2D eigenvalue weighted by Gasteiger charge is -2.33. The van der Waals surface area contributed by atoms with Crippen molar-refractivity contribution < 1.29 is 9.53 Å². The van der Waals surface area contributed by atoms with Crippen molar-refractivity contribution in [2.45, 2.75) is 59.6 Å². The Bertz CT molecular complexity index is 831. The molecule has 0 saturated carbocycles. The van der Waals surface area contributed by atoms with E-state index in [1.54, 1.807) is 6.92 Å². The van der Waals surface area contributed by atoms with Gasteiger partial charge in [-0.2, -0.15) is 0 Å². The van der Waals surface area contributed by atoms with E-state index >= 15 is 0 Å². The van der Waals surface area contributed by atoms with Gasteiger partial charge < -0.3 is 15.0 Å². The predicted octanol–water partition coefficient (Wildman–Crippen LogP) is 5.18. The van der Waals surface area contributed by atoms with Crippen LogP contribution < -0.4 is 15.0 Å². The van der Waals surface area contributed by atoms with Gasteiger partial charge in [0.25, 0.3) is 5.91 Å². The highest BCUT2D eigenvalue weighted by Gasteiger charge is 2.20. The van der Waals surface area contributed by atoms with Crippen molar-refractivity contribution in [3.8, 4) is 5.75 Å². The van der Waals surface area contributed by atoms with Crippen molar-refractivity contribution in [3.05, 3.63) is 59.2 Å². The molecule has 1 amide bonds. The first kappa shape index (κ1) is 21.2. The lowest BCUT2D eigenvalue weighted by atomic mass is 9.99. The Morgan fingerprint density at radius 3 is 2.52 bits per heavy atom. The number of anilines is 1. The maximum Gasteiger partial charge on any atom is 0.261 e. The smallest absolute Gasteiger partial charge is 0.261 e. The summed E-state index contributed by atoms with van der Waals surface area (Å²) in [7, 11) is 0. The first-order chi connectivity index (χ1) is 13.8. The molecule has 0 aromatic heterocycles. The van der Waals surface area contributed by atoms with Crippen molar-refractivity contribution in [1.82, 2.24) is 5.32 Å². The molecule has 1 saturated heterocycles. The van der Waals surface area contributed by atoms with Gasteiger partial charge in [-0.15, -0.1) is 0 Å². The number of rotatable bonds is 6. The zero-order chi connectivity index (χ0) is 21.0. The number of carbonyl (C=O) groups excluding carboxylic acids is 1. The molecule has 1 heterocycles. The Balaban J connectivity index is 1.57. The molecular weight excluding hydrogens is 360 g/mol. The number of amides is 1. The molecule has 0 bridgehead atoms.